The van der Waals surface area contributed by atoms with E-state index >= 15 is 0 Å². The molecule has 0 spiro atoms. The van der Waals surface area contributed by atoms with Crippen molar-refractivity contribution in [1.82, 2.24) is 4.98 Å². The molecule has 0 atom stereocenters. The molecule has 86 valence electrons. The van der Waals surface area contributed by atoms with Gasteiger partial charge in [-0.25, -0.2) is 15.1 Å². The molecule has 0 N–H and O–H groups in total. The smallest absolute Gasteiger partial charge is 0.194 e. The monoisotopic (exact) mass is 229 g/mol. The average Bonchev–Trinajstić information content (AvgIpc) is 2.38. The Morgan fingerprint density at radius 1 is 1.12 bits per heavy atom. The van der Waals surface area contributed by atoms with E-state index in [0.717, 1.165) is 10.6 Å². The molecule has 0 fully saturated rings. The van der Waals surface area contributed by atoms with E-state index in [0.29, 0.717) is 5.82 Å². The molecule has 5 nitrogen and oxygen atoms in total. The van der Waals surface area contributed by atoms with Crippen molar-refractivity contribution >= 4 is 5.82 Å². The standard InChI is InChI=1S/C12H11N3O2/c16-15(17)14(12-8-4-5-9-13-12)10-11-6-2-1-3-7-11/h1-9H,10H2. The lowest BCUT2D eigenvalue weighted by Gasteiger charge is -2.12. The van der Waals surface area contributed by atoms with Crippen LogP contribution >= 0.6 is 0 Å². The minimum atomic E-state index is -0.449. The number of hydrazine groups is 1. The van der Waals surface area contributed by atoms with Gasteiger partial charge in [-0.1, -0.05) is 41.4 Å². The minimum absolute atomic E-state index is 0.199. The molecule has 5 heteroatoms. The van der Waals surface area contributed by atoms with E-state index in [1.165, 1.54) is 6.20 Å². The molecular formula is C12H11N3O2. The lowest BCUT2D eigenvalue weighted by atomic mass is 10.2. The predicted octanol–water partition coefficient (Wildman–Crippen LogP) is 2.28. The summed E-state index contributed by atoms with van der Waals surface area (Å²) in [7, 11) is 0. The van der Waals surface area contributed by atoms with Gasteiger partial charge in [0.2, 0.25) is 0 Å². The number of hydrogen-bond acceptors (Lipinski definition) is 3. The van der Waals surface area contributed by atoms with Gasteiger partial charge in [0.1, 0.15) is 6.54 Å². The zero-order chi connectivity index (χ0) is 12.1. The molecular weight excluding hydrogens is 218 g/mol. The van der Waals surface area contributed by atoms with E-state index in [-0.39, 0.29) is 6.54 Å². The van der Waals surface area contributed by atoms with E-state index in [2.05, 4.69) is 4.98 Å². The Bertz CT molecular complexity index is 488. The molecule has 17 heavy (non-hydrogen) atoms. The average molecular weight is 229 g/mol. The van der Waals surface area contributed by atoms with Crippen LogP contribution in [-0.4, -0.2) is 10.0 Å². The van der Waals surface area contributed by atoms with Gasteiger partial charge in [-0.05, 0) is 17.7 Å². The van der Waals surface area contributed by atoms with Gasteiger partial charge in [0.05, 0.1) is 0 Å². The molecule has 0 saturated heterocycles. The fourth-order valence-electron chi connectivity index (χ4n) is 1.49. The Morgan fingerprint density at radius 2 is 1.82 bits per heavy atom. The minimum Gasteiger partial charge on any atom is -0.234 e. The number of nitro groups is 1. The number of aromatic nitrogens is 1. The van der Waals surface area contributed by atoms with Crippen LogP contribution in [0.1, 0.15) is 5.56 Å². The number of anilines is 1. The highest BCUT2D eigenvalue weighted by Crippen LogP contribution is 2.13. The first kappa shape index (κ1) is 11.1. The van der Waals surface area contributed by atoms with Crippen LogP contribution in [0.4, 0.5) is 5.82 Å². The summed E-state index contributed by atoms with van der Waals surface area (Å²) in [5, 5.41) is 11.6. The lowest BCUT2D eigenvalue weighted by Crippen LogP contribution is -2.29. The van der Waals surface area contributed by atoms with Crippen LogP contribution in [0.3, 0.4) is 0 Å². The fourth-order valence-corrected chi connectivity index (χ4v) is 1.49. The van der Waals surface area contributed by atoms with Crippen molar-refractivity contribution < 1.29 is 5.03 Å². The fraction of sp³-hybridized carbons (Fsp3) is 0.0833. The van der Waals surface area contributed by atoms with E-state index in [4.69, 9.17) is 0 Å². The summed E-state index contributed by atoms with van der Waals surface area (Å²) in [5.74, 6) is 0.335. The topological polar surface area (TPSA) is 59.3 Å². The lowest BCUT2D eigenvalue weighted by molar-refractivity contribution is -0.497. The van der Waals surface area contributed by atoms with Gasteiger partial charge < -0.3 is 0 Å². The highest BCUT2D eigenvalue weighted by atomic mass is 16.7. The second-order valence-electron chi connectivity index (χ2n) is 3.47. The molecule has 0 aliphatic heterocycles. The molecule has 1 aromatic carbocycles. The second kappa shape index (κ2) is 5.07. The summed E-state index contributed by atoms with van der Waals surface area (Å²) in [6.45, 7) is 0.199. The van der Waals surface area contributed by atoms with Gasteiger partial charge >= 0.3 is 0 Å². The summed E-state index contributed by atoms with van der Waals surface area (Å²) in [6.07, 6.45) is 1.54. The first-order valence-corrected chi connectivity index (χ1v) is 5.14. The predicted molar refractivity (Wildman–Crippen MR) is 63.9 cm³/mol. The van der Waals surface area contributed by atoms with E-state index in [1.807, 2.05) is 30.3 Å². The zero-order valence-corrected chi connectivity index (χ0v) is 9.06. The summed E-state index contributed by atoms with van der Waals surface area (Å²) < 4.78 is 0. The van der Waals surface area contributed by atoms with Crippen molar-refractivity contribution in [2.45, 2.75) is 6.54 Å². The van der Waals surface area contributed by atoms with Gasteiger partial charge in [-0.2, -0.15) is 0 Å². The quantitative estimate of drug-likeness (QED) is 0.596. The molecule has 1 aromatic heterocycles. The molecule has 2 aromatic rings. The first-order valence-electron chi connectivity index (χ1n) is 5.14. The van der Waals surface area contributed by atoms with Crippen molar-refractivity contribution in [3.8, 4) is 0 Å². The van der Waals surface area contributed by atoms with E-state index in [9.17, 15) is 10.1 Å². The Labute approximate surface area is 98.5 Å². The summed E-state index contributed by atoms with van der Waals surface area (Å²) in [6, 6.07) is 14.3. The highest BCUT2D eigenvalue weighted by Gasteiger charge is 2.18. The largest absolute Gasteiger partial charge is 0.234 e. The van der Waals surface area contributed by atoms with Crippen LogP contribution in [-0.2, 0) is 6.54 Å². The van der Waals surface area contributed by atoms with Crippen molar-refractivity contribution in [2.75, 3.05) is 5.01 Å². The van der Waals surface area contributed by atoms with Gasteiger partial charge in [-0.3, -0.25) is 0 Å². The summed E-state index contributed by atoms with van der Waals surface area (Å²) >= 11 is 0. The van der Waals surface area contributed by atoms with Crippen molar-refractivity contribution in [1.29, 1.82) is 0 Å². The zero-order valence-electron chi connectivity index (χ0n) is 9.06. The van der Waals surface area contributed by atoms with E-state index < -0.39 is 5.03 Å². The number of benzene rings is 1. The third-order valence-corrected chi connectivity index (χ3v) is 2.29. The molecule has 0 aliphatic carbocycles. The summed E-state index contributed by atoms with van der Waals surface area (Å²) in [5.41, 5.74) is 0.870. The Balaban J connectivity index is 2.23. The van der Waals surface area contributed by atoms with Crippen LogP contribution in [0.2, 0.25) is 0 Å². The third-order valence-electron chi connectivity index (χ3n) is 2.29. The highest BCUT2D eigenvalue weighted by molar-refractivity contribution is 5.35. The number of hydrogen-bond donors (Lipinski definition) is 0. The molecule has 0 aliphatic rings. The maximum Gasteiger partial charge on any atom is 0.194 e. The number of rotatable bonds is 4. The van der Waals surface area contributed by atoms with Gasteiger partial charge in [0.25, 0.3) is 0 Å². The molecule has 0 radical (unpaired) electrons. The van der Waals surface area contributed by atoms with Crippen molar-refractivity contribution in [3.63, 3.8) is 0 Å². The van der Waals surface area contributed by atoms with Crippen LogP contribution in [0.5, 0.6) is 0 Å². The van der Waals surface area contributed by atoms with Crippen molar-refractivity contribution in [3.05, 3.63) is 70.4 Å². The van der Waals surface area contributed by atoms with Crippen molar-refractivity contribution in [2.24, 2.45) is 0 Å². The molecule has 0 amide bonds. The maximum absolute atomic E-state index is 11.0. The van der Waals surface area contributed by atoms with Crippen LogP contribution in [0, 0.1) is 10.1 Å². The van der Waals surface area contributed by atoms with Gasteiger partial charge in [0, 0.05) is 6.20 Å². The normalized spacial score (nSPS) is 9.88. The van der Waals surface area contributed by atoms with Crippen LogP contribution < -0.4 is 5.01 Å². The second-order valence-corrected chi connectivity index (χ2v) is 3.47. The maximum atomic E-state index is 11.0. The molecule has 1 heterocycles. The first-order chi connectivity index (χ1) is 8.27. The molecule has 0 saturated carbocycles. The number of pyridine rings is 1. The molecule has 2 rings (SSSR count). The molecule has 0 bridgehead atoms. The van der Waals surface area contributed by atoms with Gasteiger partial charge in [0.15, 0.2) is 10.9 Å². The van der Waals surface area contributed by atoms with E-state index in [1.54, 1.807) is 18.2 Å². The SMILES string of the molecule is O=[N+]([O-])N(Cc1ccccc1)c1ccccn1. The Hall–Kier alpha value is -2.43. The Morgan fingerprint density at radius 3 is 2.41 bits per heavy atom. The number of nitrogens with zero attached hydrogens (tertiary/aromatic N) is 3. The van der Waals surface area contributed by atoms with Crippen LogP contribution in [0.25, 0.3) is 0 Å². The van der Waals surface area contributed by atoms with Crippen LogP contribution in [0.15, 0.2) is 54.7 Å². The third kappa shape index (κ3) is 2.78. The summed E-state index contributed by atoms with van der Waals surface area (Å²) in [4.78, 5) is 15.0. The van der Waals surface area contributed by atoms with Gasteiger partial charge in [-0.15, -0.1) is 0 Å². The molecule has 0 unspecified atom stereocenters. The Kier molecular flexibility index (Phi) is 3.30.